The van der Waals surface area contributed by atoms with Crippen LogP contribution in [-0.4, -0.2) is 37.9 Å². The van der Waals surface area contributed by atoms with Gasteiger partial charge in [0.15, 0.2) is 11.6 Å². The maximum Gasteiger partial charge on any atom is 0.163 e. The molecule has 0 aliphatic heterocycles. The molecule has 0 saturated carbocycles. The Morgan fingerprint density at radius 3 is 2.21 bits per heavy atom. The Morgan fingerprint density at radius 1 is 1.04 bits per heavy atom. The van der Waals surface area contributed by atoms with E-state index >= 15 is 0 Å². The molecule has 0 atom stereocenters. The summed E-state index contributed by atoms with van der Waals surface area (Å²) in [5.41, 5.74) is 2.29. The van der Waals surface area contributed by atoms with Gasteiger partial charge in [0.05, 0.1) is 13.5 Å². The number of ether oxygens (including phenoxy) is 1. The number of aromatic hydroxyl groups is 1. The molecule has 2 rings (SSSR count). The summed E-state index contributed by atoms with van der Waals surface area (Å²) in [4.78, 5) is 26.0. The number of allylic oxidation sites excluding steroid dienone is 2. The number of carbonyl (C=O) groups is 2. The largest absolute Gasteiger partial charge is 0.508 e. The van der Waals surface area contributed by atoms with Crippen LogP contribution in [0.25, 0.3) is 12.2 Å². The van der Waals surface area contributed by atoms with Crippen LogP contribution in [0.5, 0.6) is 11.5 Å². The van der Waals surface area contributed by atoms with Crippen LogP contribution in [0.3, 0.4) is 0 Å². The fraction of sp³-hybridized carbons (Fsp3) is 0.182. The van der Waals surface area contributed by atoms with E-state index in [2.05, 4.69) is 0 Å². The maximum absolute atomic E-state index is 12.0. The lowest BCUT2D eigenvalue weighted by Gasteiger charge is -2.13. The van der Waals surface area contributed by atoms with Crippen molar-refractivity contribution in [3.8, 4) is 11.5 Å². The van der Waals surface area contributed by atoms with Crippen molar-refractivity contribution < 1.29 is 19.4 Å². The Morgan fingerprint density at radius 2 is 1.64 bits per heavy atom. The molecule has 0 amide bonds. The van der Waals surface area contributed by atoms with Crippen molar-refractivity contribution in [1.29, 1.82) is 0 Å². The molecule has 5 nitrogen and oxygen atoms in total. The zero-order valence-corrected chi connectivity index (χ0v) is 16.7. The van der Waals surface area contributed by atoms with Crippen molar-refractivity contribution >= 4 is 41.0 Å². The molecule has 146 valence electrons. The SMILES string of the molecule is COc1cc(O)ccc1C=CC(=O)CC(=O)C=Cc1ccc(N(C)C)cc1Cl. The molecule has 0 aliphatic carbocycles. The van der Waals surface area contributed by atoms with E-state index in [9.17, 15) is 14.7 Å². The average molecular weight is 400 g/mol. The summed E-state index contributed by atoms with van der Waals surface area (Å²) in [6, 6.07) is 10.1. The number of benzene rings is 2. The summed E-state index contributed by atoms with van der Waals surface area (Å²) in [7, 11) is 5.30. The number of ketones is 2. The number of halogens is 1. The second-order valence-corrected chi connectivity index (χ2v) is 6.71. The van der Waals surface area contributed by atoms with Crippen molar-refractivity contribution in [3.63, 3.8) is 0 Å². The Kier molecular flexibility index (Phi) is 7.41. The van der Waals surface area contributed by atoms with Gasteiger partial charge in [-0.05, 0) is 54.1 Å². The summed E-state index contributed by atoms with van der Waals surface area (Å²) < 4.78 is 5.15. The quantitative estimate of drug-likeness (QED) is 0.527. The molecule has 28 heavy (non-hydrogen) atoms. The van der Waals surface area contributed by atoms with Crippen LogP contribution in [-0.2, 0) is 9.59 Å². The van der Waals surface area contributed by atoms with Crippen molar-refractivity contribution in [2.24, 2.45) is 0 Å². The van der Waals surface area contributed by atoms with Gasteiger partial charge in [0.1, 0.15) is 11.5 Å². The molecular formula is C22H22ClNO4. The number of hydrogen-bond acceptors (Lipinski definition) is 5. The second kappa shape index (κ2) is 9.76. The van der Waals surface area contributed by atoms with E-state index in [-0.39, 0.29) is 23.7 Å². The highest BCUT2D eigenvalue weighted by Crippen LogP contribution is 2.25. The summed E-state index contributed by atoms with van der Waals surface area (Å²) in [6.07, 6.45) is 5.57. The Balaban J connectivity index is 1.99. The summed E-state index contributed by atoms with van der Waals surface area (Å²) in [6.45, 7) is 0. The lowest BCUT2D eigenvalue weighted by molar-refractivity contribution is -0.121. The highest BCUT2D eigenvalue weighted by atomic mass is 35.5. The first kappa shape index (κ1) is 21.3. The normalized spacial score (nSPS) is 11.1. The van der Waals surface area contributed by atoms with Gasteiger partial charge in [0.25, 0.3) is 0 Å². The van der Waals surface area contributed by atoms with Gasteiger partial charge in [-0.3, -0.25) is 9.59 Å². The van der Waals surface area contributed by atoms with Crippen molar-refractivity contribution in [1.82, 2.24) is 0 Å². The molecule has 0 heterocycles. The average Bonchev–Trinajstić information content (AvgIpc) is 2.65. The first-order chi connectivity index (χ1) is 13.3. The van der Waals surface area contributed by atoms with Crippen molar-refractivity contribution in [2.45, 2.75) is 6.42 Å². The fourth-order valence-electron chi connectivity index (χ4n) is 2.42. The second-order valence-electron chi connectivity index (χ2n) is 6.30. The van der Waals surface area contributed by atoms with Crippen LogP contribution in [0.4, 0.5) is 5.69 Å². The zero-order chi connectivity index (χ0) is 20.7. The Bertz CT molecular complexity index is 932. The minimum atomic E-state index is -0.334. The van der Waals surface area contributed by atoms with Gasteiger partial charge < -0.3 is 14.7 Å². The van der Waals surface area contributed by atoms with Gasteiger partial charge in [-0.2, -0.15) is 0 Å². The predicted molar refractivity (Wildman–Crippen MR) is 113 cm³/mol. The number of nitrogens with zero attached hydrogens (tertiary/aromatic N) is 1. The van der Waals surface area contributed by atoms with E-state index in [4.69, 9.17) is 16.3 Å². The molecule has 0 saturated heterocycles. The molecule has 0 bridgehead atoms. The Labute approximate surface area is 169 Å². The molecule has 0 unspecified atom stereocenters. The summed E-state index contributed by atoms with van der Waals surface area (Å²) >= 11 is 6.22. The van der Waals surface area contributed by atoms with Crippen LogP contribution in [0, 0.1) is 0 Å². The Hall–Kier alpha value is -3.05. The standard InChI is InChI=1S/C22H22ClNO4/c1-24(2)17-8-4-15(21(23)12-17)5-9-18(25)13-19(26)10-6-16-7-11-20(27)14-22(16)28-3/h4-12,14,27H,13H2,1-3H3. The predicted octanol–water partition coefficient (Wildman–Crippen LogP) is 4.38. The van der Waals surface area contributed by atoms with E-state index in [0.29, 0.717) is 21.9 Å². The highest BCUT2D eigenvalue weighted by Gasteiger charge is 2.07. The monoisotopic (exact) mass is 399 g/mol. The lowest BCUT2D eigenvalue weighted by atomic mass is 10.1. The number of carbonyl (C=O) groups excluding carboxylic acids is 2. The van der Waals surface area contributed by atoms with Crippen LogP contribution in [0.1, 0.15) is 17.5 Å². The molecule has 0 aromatic heterocycles. The zero-order valence-electron chi connectivity index (χ0n) is 16.0. The first-order valence-corrected chi connectivity index (χ1v) is 8.93. The third-order valence-corrected chi connectivity index (χ3v) is 4.29. The molecule has 0 fully saturated rings. The first-order valence-electron chi connectivity index (χ1n) is 8.56. The molecular weight excluding hydrogens is 378 g/mol. The van der Waals surface area contributed by atoms with Crippen LogP contribution in [0.15, 0.2) is 48.6 Å². The molecule has 2 aromatic rings. The van der Waals surface area contributed by atoms with E-state index in [1.165, 1.54) is 31.4 Å². The lowest BCUT2D eigenvalue weighted by Crippen LogP contribution is -2.08. The third-order valence-electron chi connectivity index (χ3n) is 3.96. The van der Waals surface area contributed by atoms with Crippen LogP contribution < -0.4 is 9.64 Å². The number of rotatable bonds is 8. The minimum Gasteiger partial charge on any atom is -0.508 e. The van der Waals surface area contributed by atoms with Crippen LogP contribution >= 0.6 is 11.6 Å². The number of anilines is 1. The molecule has 2 aromatic carbocycles. The maximum atomic E-state index is 12.0. The van der Waals surface area contributed by atoms with E-state index < -0.39 is 0 Å². The van der Waals surface area contributed by atoms with E-state index in [0.717, 1.165) is 5.69 Å². The number of phenolic OH excluding ortho intramolecular Hbond substituents is 1. The fourth-order valence-corrected chi connectivity index (χ4v) is 2.66. The van der Waals surface area contributed by atoms with E-state index in [1.54, 1.807) is 18.2 Å². The minimum absolute atomic E-state index is 0.0675. The highest BCUT2D eigenvalue weighted by molar-refractivity contribution is 6.32. The summed E-state index contributed by atoms with van der Waals surface area (Å²) in [5, 5.41) is 9.97. The third kappa shape index (κ3) is 5.99. The smallest absolute Gasteiger partial charge is 0.163 e. The van der Waals surface area contributed by atoms with Crippen molar-refractivity contribution in [3.05, 3.63) is 64.7 Å². The summed E-state index contributed by atoms with van der Waals surface area (Å²) in [5.74, 6) is -0.150. The van der Waals surface area contributed by atoms with Gasteiger partial charge in [-0.15, -0.1) is 0 Å². The van der Waals surface area contributed by atoms with Gasteiger partial charge >= 0.3 is 0 Å². The number of hydrogen-bond donors (Lipinski definition) is 1. The molecule has 6 heteroatoms. The number of methoxy groups -OCH3 is 1. The topological polar surface area (TPSA) is 66.8 Å². The molecule has 0 aliphatic rings. The van der Waals surface area contributed by atoms with Gasteiger partial charge in [-0.25, -0.2) is 0 Å². The molecule has 1 N–H and O–H groups in total. The van der Waals surface area contributed by atoms with Gasteiger partial charge in [0.2, 0.25) is 0 Å². The van der Waals surface area contributed by atoms with Gasteiger partial charge in [0, 0.05) is 36.4 Å². The molecule has 0 radical (unpaired) electrons. The van der Waals surface area contributed by atoms with Crippen molar-refractivity contribution in [2.75, 3.05) is 26.1 Å². The van der Waals surface area contributed by atoms with Gasteiger partial charge in [-0.1, -0.05) is 17.7 Å². The number of phenols is 1. The van der Waals surface area contributed by atoms with E-state index in [1.807, 2.05) is 37.2 Å². The molecule has 0 spiro atoms. The van der Waals surface area contributed by atoms with Crippen LogP contribution in [0.2, 0.25) is 5.02 Å².